The van der Waals surface area contributed by atoms with Crippen LogP contribution in [0.3, 0.4) is 0 Å². The van der Waals surface area contributed by atoms with Gasteiger partial charge in [0.05, 0.1) is 23.7 Å². The van der Waals surface area contributed by atoms with Gasteiger partial charge in [-0.3, -0.25) is 10.1 Å². The first-order valence-electron chi connectivity index (χ1n) is 6.74. The molecule has 2 aromatic rings. The van der Waals surface area contributed by atoms with Crippen LogP contribution in [0.5, 0.6) is 5.75 Å². The van der Waals surface area contributed by atoms with Gasteiger partial charge in [-0.2, -0.15) is 0 Å². The smallest absolute Gasteiger partial charge is 0.261 e. The average Bonchev–Trinajstić information content (AvgIpc) is 2.97. The predicted molar refractivity (Wildman–Crippen MR) is 83.8 cm³/mol. The number of nitrogens with one attached hydrogen (secondary N) is 3. The summed E-state index contributed by atoms with van der Waals surface area (Å²) >= 11 is 1.50. The fraction of sp³-hybridized carbons (Fsp3) is 0.267. The Labute approximate surface area is 127 Å². The number of hydrogen-bond donors (Lipinski definition) is 3. The largest absolute Gasteiger partial charge is 0.497 e. The number of fused-ring (bicyclic) bond motifs is 1. The van der Waals surface area contributed by atoms with E-state index in [2.05, 4.69) is 16.0 Å². The first-order chi connectivity index (χ1) is 10.3. The Morgan fingerprint density at radius 3 is 3.14 bits per heavy atom. The third-order valence-corrected chi connectivity index (χ3v) is 4.44. The van der Waals surface area contributed by atoms with Gasteiger partial charge in [-0.1, -0.05) is 12.1 Å². The van der Waals surface area contributed by atoms with Gasteiger partial charge in [-0.15, -0.1) is 11.3 Å². The number of thiophene rings is 1. The fourth-order valence-corrected chi connectivity index (χ4v) is 3.21. The Hall–Kier alpha value is -2.05. The first kappa shape index (κ1) is 13.9. The zero-order valence-corrected chi connectivity index (χ0v) is 12.5. The van der Waals surface area contributed by atoms with Crippen molar-refractivity contribution in [3.05, 3.63) is 46.3 Å². The summed E-state index contributed by atoms with van der Waals surface area (Å²) < 4.78 is 5.18. The summed E-state index contributed by atoms with van der Waals surface area (Å²) in [6.45, 7) is 2.05. The van der Waals surface area contributed by atoms with Gasteiger partial charge < -0.3 is 15.4 Å². The Kier molecular flexibility index (Phi) is 4.08. The summed E-state index contributed by atoms with van der Waals surface area (Å²) in [6, 6.07) is 9.63. The zero-order valence-electron chi connectivity index (χ0n) is 11.7. The van der Waals surface area contributed by atoms with Crippen molar-refractivity contribution in [2.75, 3.05) is 19.1 Å². The van der Waals surface area contributed by atoms with Crippen LogP contribution in [0.1, 0.15) is 20.8 Å². The zero-order chi connectivity index (χ0) is 14.7. The predicted octanol–water partition coefficient (Wildman–Crippen LogP) is 2.16. The number of methoxy groups -OCH3 is 1. The van der Waals surface area contributed by atoms with Crippen molar-refractivity contribution in [1.82, 2.24) is 10.6 Å². The molecule has 110 valence electrons. The third-order valence-electron chi connectivity index (χ3n) is 3.31. The second kappa shape index (κ2) is 6.15. The number of carbonyl (C=O) groups is 1. The number of anilines is 1. The average molecular weight is 303 g/mol. The Morgan fingerprint density at radius 2 is 2.33 bits per heavy atom. The van der Waals surface area contributed by atoms with E-state index in [4.69, 9.17) is 4.74 Å². The van der Waals surface area contributed by atoms with Gasteiger partial charge in [0.15, 0.2) is 0 Å². The normalized spacial score (nSPS) is 13.2. The van der Waals surface area contributed by atoms with Crippen molar-refractivity contribution >= 4 is 22.2 Å². The van der Waals surface area contributed by atoms with Crippen LogP contribution in [-0.4, -0.2) is 19.7 Å². The maximum atomic E-state index is 12.2. The van der Waals surface area contributed by atoms with Crippen LogP contribution in [0.4, 0.5) is 5.00 Å². The maximum Gasteiger partial charge on any atom is 0.261 e. The molecule has 0 unspecified atom stereocenters. The number of carbonyl (C=O) groups excluding carboxylic acids is 1. The summed E-state index contributed by atoms with van der Waals surface area (Å²) in [5, 5.41) is 10.5. The van der Waals surface area contributed by atoms with Crippen LogP contribution in [0, 0.1) is 0 Å². The highest BCUT2D eigenvalue weighted by atomic mass is 32.1. The number of rotatable bonds is 4. The lowest BCUT2D eigenvalue weighted by Gasteiger charge is -2.13. The van der Waals surface area contributed by atoms with Gasteiger partial charge in [-0.05, 0) is 23.8 Å². The maximum absolute atomic E-state index is 12.2. The molecule has 0 spiro atoms. The molecule has 1 aliphatic rings. The molecule has 0 saturated carbocycles. The molecule has 0 saturated heterocycles. The second-order valence-electron chi connectivity index (χ2n) is 4.78. The van der Waals surface area contributed by atoms with Crippen LogP contribution < -0.4 is 20.7 Å². The van der Waals surface area contributed by atoms with Crippen molar-refractivity contribution in [3.63, 3.8) is 0 Å². The van der Waals surface area contributed by atoms with E-state index < -0.39 is 0 Å². The molecule has 1 aromatic heterocycles. The molecule has 6 heteroatoms. The van der Waals surface area contributed by atoms with E-state index in [1.165, 1.54) is 11.3 Å². The van der Waals surface area contributed by atoms with Crippen LogP contribution in [-0.2, 0) is 13.1 Å². The third kappa shape index (κ3) is 3.17. The van der Waals surface area contributed by atoms with Crippen LogP contribution in [0.25, 0.3) is 0 Å². The number of ether oxygens (including phenoxy) is 1. The van der Waals surface area contributed by atoms with Crippen molar-refractivity contribution in [2.45, 2.75) is 13.1 Å². The molecule has 3 N–H and O–H groups in total. The number of hydrogen-bond acceptors (Lipinski definition) is 5. The van der Waals surface area contributed by atoms with E-state index in [1.54, 1.807) is 7.11 Å². The van der Waals surface area contributed by atoms with E-state index in [0.29, 0.717) is 6.54 Å². The van der Waals surface area contributed by atoms with Gasteiger partial charge in [0.25, 0.3) is 5.91 Å². The monoisotopic (exact) mass is 303 g/mol. The molecule has 0 atom stereocenters. The minimum atomic E-state index is -0.0426. The molecule has 1 aromatic carbocycles. The van der Waals surface area contributed by atoms with Crippen molar-refractivity contribution in [1.29, 1.82) is 0 Å². The summed E-state index contributed by atoms with van der Waals surface area (Å²) in [5.74, 6) is 0.752. The van der Waals surface area contributed by atoms with Gasteiger partial charge in [0.2, 0.25) is 0 Å². The van der Waals surface area contributed by atoms with Crippen LogP contribution >= 0.6 is 11.3 Å². The molecule has 2 heterocycles. The molecule has 0 radical (unpaired) electrons. The van der Waals surface area contributed by atoms with E-state index in [0.717, 1.165) is 40.0 Å². The van der Waals surface area contributed by atoms with Crippen LogP contribution in [0.15, 0.2) is 30.3 Å². The molecule has 5 nitrogen and oxygen atoms in total. The van der Waals surface area contributed by atoms with E-state index in [9.17, 15) is 4.79 Å². The van der Waals surface area contributed by atoms with E-state index >= 15 is 0 Å². The number of amides is 1. The summed E-state index contributed by atoms with van der Waals surface area (Å²) in [6.07, 6.45) is 0. The molecule has 3 rings (SSSR count). The molecule has 0 bridgehead atoms. The SMILES string of the molecule is COc1cccc(CNC(=O)c2cc3c(s2)NCNC3)c1. The van der Waals surface area contributed by atoms with Crippen molar-refractivity contribution in [2.24, 2.45) is 0 Å². The first-order valence-corrected chi connectivity index (χ1v) is 7.56. The highest BCUT2D eigenvalue weighted by Gasteiger charge is 2.16. The standard InChI is InChI=1S/C15H17N3O2S/c1-20-12-4-2-3-10(5-12)7-17-14(19)13-6-11-8-16-9-18-15(11)21-13/h2-6,16,18H,7-9H2,1H3,(H,17,19). The van der Waals surface area contributed by atoms with Gasteiger partial charge in [0, 0.05) is 18.7 Å². The van der Waals surface area contributed by atoms with Gasteiger partial charge >= 0.3 is 0 Å². The Balaban J connectivity index is 1.64. The Morgan fingerprint density at radius 1 is 1.43 bits per heavy atom. The van der Waals surface area contributed by atoms with Gasteiger partial charge in [0.1, 0.15) is 5.75 Å². The summed E-state index contributed by atoms with van der Waals surface area (Å²) in [7, 11) is 1.63. The molecule has 0 fully saturated rings. The minimum absolute atomic E-state index is 0.0426. The molecule has 1 amide bonds. The molecular weight excluding hydrogens is 286 g/mol. The lowest BCUT2D eigenvalue weighted by atomic mass is 10.2. The molecule has 1 aliphatic heterocycles. The van der Waals surface area contributed by atoms with Gasteiger partial charge in [-0.25, -0.2) is 0 Å². The summed E-state index contributed by atoms with van der Waals surface area (Å²) in [4.78, 5) is 12.9. The topological polar surface area (TPSA) is 62.4 Å². The second-order valence-corrected chi connectivity index (χ2v) is 5.83. The lowest BCUT2D eigenvalue weighted by molar-refractivity contribution is 0.0955. The van der Waals surface area contributed by atoms with E-state index in [1.807, 2.05) is 30.3 Å². The summed E-state index contributed by atoms with van der Waals surface area (Å²) in [5.41, 5.74) is 2.17. The number of benzene rings is 1. The molecule has 0 aliphatic carbocycles. The molecule has 21 heavy (non-hydrogen) atoms. The highest BCUT2D eigenvalue weighted by molar-refractivity contribution is 7.18. The quantitative estimate of drug-likeness (QED) is 0.810. The highest BCUT2D eigenvalue weighted by Crippen LogP contribution is 2.29. The Bertz CT molecular complexity index is 631. The van der Waals surface area contributed by atoms with E-state index in [-0.39, 0.29) is 5.91 Å². The van der Waals surface area contributed by atoms with Crippen molar-refractivity contribution < 1.29 is 9.53 Å². The van der Waals surface area contributed by atoms with Crippen LogP contribution in [0.2, 0.25) is 0 Å². The fourth-order valence-electron chi connectivity index (χ4n) is 2.21. The molecular formula is C15H17N3O2S. The minimum Gasteiger partial charge on any atom is -0.497 e. The van der Waals surface area contributed by atoms with Crippen molar-refractivity contribution in [3.8, 4) is 5.75 Å². The lowest BCUT2D eigenvalue weighted by Crippen LogP contribution is -2.26.